The molecule has 0 saturated carbocycles. The smallest absolute Gasteiger partial charge is 0.296 e. The second-order valence-electron chi connectivity index (χ2n) is 7.17. The Morgan fingerprint density at radius 2 is 2.04 bits per heavy atom. The summed E-state index contributed by atoms with van der Waals surface area (Å²) in [5, 5.41) is 0. The summed E-state index contributed by atoms with van der Waals surface area (Å²) in [4.78, 5) is 2.52. The zero-order valence-electron chi connectivity index (χ0n) is 15.3. The molecule has 2 N–H and O–H groups in total. The van der Waals surface area contributed by atoms with Crippen LogP contribution in [0.5, 0.6) is 0 Å². The van der Waals surface area contributed by atoms with Crippen LogP contribution in [0.4, 0.5) is 5.69 Å². The van der Waals surface area contributed by atoms with Gasteiger partial charge in [0, 0.05) is 18.3 Å². The molecule has 2 atom stereocenters. The highest BCUT2D eigenvalue weighted by atomic mass is 32.2. The largest absolute Gasteiger partial charge is 0.399 e. The highest BCUT2D eigenvalue weighted by molar-refractivity contribution is 7.90. The molecule has 6 heteroatoms. The number of piperidine rings is 1. The molecule has 0 radical (unpaired) electrons. The number of rotatable bonds is 6. The Morgan fingerprint density at radius 3 is 2.73 bits per heavy atom. The van der Waals surface area contributed by atoms with Gasteiger partial charge in [0.15, 0.2) is 0 Å². The van der Waals surface area contributed by atoms with Crippen LogP contribution in [0.25, 0.3) is 0 Å². The fourth-order valence-corrected chi connectivity index (χ4v) is 4.91. The topological polar surface area (TPSA) is 72.6 Å². The Labute approximate surface area is 156 Å². The molecule has 3 rings (SSSR count). The van der Waals surface area contributed by atoms with E-state index in [1.165, 1.54) is 5.56 Å². The minimum absolute atomic E-state index is 0.278. The highest BCUT2D eigenvalue weighted by Gasteiger charge is 2.30. The molecule has 0 spiro atoms. The summed E-state index contributed by atoms with van der Waals surface area (Å²) in [6.07, 6.45) is 10.3. The second kappa shape index (κ2) is 8.37. The van der Waals surface area contributed by atoms with Gasteiger partial charge in [-0.15, -0.1) is 0 Å². The Morgan fingerprint density at radius 1 is 1.23 bits per heavy atom. The number of hydrogen-bond acceptors (Lipinski definition) is 5. The number of nitrogen functional groups attached to an aromatic ring is 1. The van der Waals surface area contributed by atoms with Gasteiger partial charge in [0.05, 0.1) is 11.0 Å². The van der Waals surface area contributed by atoms with Crippen molar-refractivity contribution in [3.63, 3.8) is 0 Å². The standard InChI is InChI=1S/C20H28N2O3S/c1-22-15-18(25-26(23,24)19-8-3-2-4-9-19)14-13-17(22)12-11-16-7-5-6-10-20(16)21/h3,5-10,17-18H,2,4,11-15,21H2,1H3. The van der Waals surface area contributed by atoms with Gasteiger partial charge in [0.2, 0.25) is 0 Å². The first-order chi connectivity index (χ1) is 12.5. The van der Waals surface area contributed by atoms with E-state index in [-0.39, 0.29) is 6.10 Å². The van der Waals surface area contributed by atoms with Crippen molar-refractivity contribution >= 4 is 15.8 Å². The van der Waals surface area contributed by atoms with Gasteiger partial charge in [-0.1, -0.05) is 30.4 Å². The van der Waals surface area contributed by atoms with Crippen molar-refractivity contribution in [3.8, 4) is 0 Å². The van der Waals surface area contributed by atoms with Gasteiger partial charge in [0.25, 0.3) is 10.1 Å². The molecule has 1 aromatic rings. The van der Waals surface area contributed by atoms with E-state index in [1.807, 2.05) is 31.3 Å². The third kappa shape index (κ3) is 4.75. The van der Waals surface area contributed by atoms with Gasteiger partial charge >= 0.3 is 0 Å². The second-order valence-corrected chi connectivity index (χ2v) is 8.74. The first-order valence-corrected chi connectivity index (χ1v) is 10.7. The predicted molar refractivity (Wildman–Crippen MR) is 105 cm³/mol. The maximum Gasteiger partial charge on any atom is 0.296 e. The van der Waals surface area contributed by atoms with Crippen molar-refractivity contribution in [1.29, 1.82) is 0 Å². The number of likely N-dealkylation sites (N-methyl/N-ethyl adjacent to an activating group) is 1. The maximum atomic E-state index is 12.4. The van der Waals surface area contributed by atoms with Crippen molar-refractivity contribution in [2.24, 2.45) is 0 Å². The summed E-state index contributed by atoms with van der Waals surface area (Å²) in [5.74, 6) is 0. The van der Waals surface area contributed by atoms with Crippen LogP contribution >= 0.6 is 0 Å². The van der Waals surface area contributed by atoms with E-state index < -0.39 is 10.1 Å². The van der Waals surface area contributed by atoms with Gasteiger partial charge in [-0.05, 0) is 63.3 Å². The predicted octanol–water partition coefficient (Wildman–Crippen LogP) is 3.24. The zero-order valence-corrected chi connectivity index (χ0v) is 16.1. The SMILES string of the molecule is CN1CC(OS(=O)(=O)C2=CCCC=C2)CCC1CCc1ccccc1N. The number of anilines is 1. The molecule has 1 fully saturated rings. The number of nitrogens with zero attached hydrogens (tertiary/aromatic N) is 1. The minimum Gasteiger partial charge on any atom is -0.399 e. The van der Waals surface area contributed by atoms with Crippen LogP contribution in [0.1, 0.15) is 37.7 Å². The number of allylic oxidation sites excluding steroid dienone is 3. The summed E-state index contributed by atoms with van der Waals surface area (Å²) in [6, 6.07) is 8.39. The normalized spacial score (nSPS) is 24.4. The van der Waals surface area contributed by atoms with E-state index in [2.05, 4.69) is 11.0 Å². The Bertz CT molecular complexity index is 786. The molecule has 0 amide bonds. The fourth-order valence-electron chi connectivity index (χ4n) is 3.70. The number of likely N-dealkylation sites (tertiary alicyclic amines) is 1. The molecule has 1 saturated heterocycles. The summed E-state index contributed by atoms with van der Waals surface area (Å²) < 4.78 is 30.3. The van der Waals surface area contributed by atoms with Crippen molar-refractivity contribution in [2.75, 3.05) is 19.3 Å². The molecule has 26 heavy (non-hydrogen) atoms. The quantitative estimate of drug-likeness (QED) is 0.609. The zero-order chi connectivity index (χ0) is 18.6. The van der Waals surface area contributed by atoms with Crippen LogP contribution in [0.3, 0.4) is 0 Å². The third-order valence-electron chi connectivity index (χ3n) is 5.25. The lowest BCUT2D eigenvalue weighted by atomic mass is 9.95. The summed E-state index contributed by atoms with van der Waals surface area (Å²) in [7, 11) is -1.61. The van der Waals surface area contributed by atoms with Gasteiger partial charge in [-0.25, -0.2) is 0 Å². The lowest BCUT2D eigenvalue weighted by Gasteiger charge is -2.36. The maximum absolute atomic E-state index is 12.4. The van der Waals surface area contributed by atoms with E-state index >= 15 is 0 Å². The molecule has 142 valence electrons. The first kappa shape index (κ1) is 19.1. The number of benzene rings is 1. The third-order valence-corrected chi connectivity index (χ3v) is 6.66. The number of para-hydroxylation sites is 1. The van der Waals surface area contributed by atoms with Crippen molar-refractivity contribution in [2.45, 2.75) is 50.7 Å². The van der Waals surface area contributed by atoms with Gasteiger partial charge in [-0.2, -0.15) is 8.42 Å². The van der Waals surface area contributed by atoms with Crippen molar-refractivity contribution in [3.05, 3.63) is 53.0 Å². The minimum atomic E-state index is -3.65. The first-order valence-electron chi connectivity index (χ1n) is 9.29. The monoisotopic (exact) mass is 376 g/mol. The van der Waals surface area contributed by atoms with E-state index in [1.54, 1.807) is 12.2 Å². The lowest BCUT2D eigenvalue weighted by Crippen LogP contribution is -2.44. The average molecular weight is 377 g/mol. The van der Waals surface area contributed by atoms with E-state index in [4.69, 9.17) is 9.92 Å². The van der Waals surface area contributed by atoms with Gasteiger partial charge < -0.3 is 10.6 Å². The van der Waals surface area contributed by atoms with Crippen LogP contribution in [0.15, 0.2) is 47.4 Å². The van der Waals surface area contributed by atoms with Gasteiger partial charge in [0.1, 0.15) is 0 Å². The van der Waals surface area contributed by atoms with Crippen LogP contribution in [0.2, 0.25) is 0 Å². The summed E-state index contributed by atoms with van der Waals surface area (Å²) >= 11 is 0. The Balaban J connectivity index is 1.53. The lowest BCUT2D eigenvalue weighted by molar-refractivity contribution is 0.0690. The summed E-state index contributed by atoms with van der Waals surface area (Å²) in [6.45, 7) is 0.630. The van der Waals surface area contributed by atoms with Crippen LogP contribution in [-0.2, 0) is 20.7 Å². The Hall–Kier alpha value is -1.63. The molecule has 0 aromatic heterocycles. The van der Waals surface area contributed by atoms with Crippen molar-refractivity contribution in [1.82, 2.24) is 4.90 Å². The molecule has 1 heterocycles. The van der Waals surface area contributed by atoms with Crippen molar-refractivity contribution < 1.29 is 12.6 Å². The number of hydrogen-bond donors (Lipinski definition) is 1. The van der Waals surface area contributed by atoms with Crippen LogP contribution < -0.4 is 5.73 Å². The molecule has 0 bridgehead atoms. The molecular formula is C20H28N2O3S. The number of aryl methyl sites for hydroxylation is 1. The molecule has 1 aromatic carbocycles. The molecule has 5 nitrogen and oxygen atoms in total. The van der Waals surface area contributed by atoms with Crippen LogP contribution in [-0.4, -0.2) is 39.1 Å². The van der Waals surface area contributed by atoms with E-state index in [0.29, 0.717) is 17.5 Å². The average Bonchev–Trinajstić information content (AvgIpc) is 2.63. The summed E-state index contributed by atoms with van der Waals surface area (Å²) in [5.41, 5.74) is 8.04. The highest BCUT2D eigenvalue weighted by Crippen LogP contribution is 2.26. The molecule has 2 unspecified atom stereocenters. The molecule has 1 aliphatic heterocycles. The molecule has 1 aliphatic carbocycles. The number of nitrogens with two attached hydrogens (primary N) is 1. The fraction of sp³-hybridized carbons (Fsp3) is 0.500. The molecule has 2 aliphatic rings. The Kier molecular flexibility index (Phi) is 6.16. The molecular weight excluding hydrogens is 348 g/mol. The van der Waals surface area contributed by atoms with E-state index in [9.17, 15) is 8.42 Å². The van der Waals surface area contributed by atoms with Gasteiger partial charge in [-0.3, -0.25) is 4.18 Å². The van der Waals surface area contributed by atoms with Crippen LogP contribution in [0, 0.1) is 0 Å². The van der Waals surface area contributed by atoms with E-state index in [0.717, 1.165) is 44.2 Å².